The molecule has 5 N–H and O–H groups in total. The summed E-state index contributed by atoms with van der Waals surface area (Å²) in [5.74, 6) is -1.88. The fraction of sp³-hybridized carbons (Fsp3) is 0.233. The van der Waals surface area contributed by atoms with Crippen molar-refractivity contribution >= 4 is 39.2 Å². The quantitative estimate of drug-likeness (QED) is 0.225. The Balaban J connectivity index is 0.000000502. The third-order valence-electron chi connectivity index (χ3n) is 6.20. The first-order valence-corrected chi connectivity index (χ1v) is 15.0. The van der Waals surface area contributed by atoms with Gasteiger partial charge in [-0.25, -0.2) is 18.2 Å². The smallest absolute Gasteiger partial charge is 0.356 e. The number of ether oxygens (including phenoxy) is 1. The van der Waals surface area contributed by atoms with Crippen LogP contribution in [0.3, 0.4) is 0 Å². The maximum atomic E-state index is 13.2. The molecular formula is C30H34N6O7S. The Kier molecular flexibility index (Phi) is 10.1. The number of imidazole rings is 1. The number of pyridine rings is 1. The number of rotatable bonds is 8. The van der Waals surface area contributed by atoms with Gasteiger partial charge >= 0.3 is 5.97 Å². The summed E-state index contributed by atoms with van der Waals surface area (Å²) < 4.78 is 33.3. The topological polar surface area (TPSA) is 196 Å². The van der Waals surface area contributed by atoms with E-state index in [1.807, 2.05) is 27.7 Å². The lowest BCUT2D eigenvalue weighted by molar-refractivity contribution is 0.0690. The molecule has 4 aromatic rings. The average molecular weight is 623 g/mol. The molecule has 0 aliphatic rings. The van der Waals surface area contributed by atoms with Crippen molar-refractivity contribution in [2.45, 2.75) is 33.1 Å². The van der Waals surface area contributed by atoms with Crippen molar-refractivity contribution in [3.05, 3.63) is 95.3 Å². The zero-order valence-electron chi connectivity index (χ0n) is 25.1. The number of carbonyl (C=O) groups excluding carboxylic acids is 2. The summed E-state index contributed by atoms with van der Waals surface area (Å²) >= 11 is 0. The predicted molar refractivity (Wildman–Crippen MR) is 166 cm³/mol. The molecule has 4 rings (SSSR count). The number of hydrogen-bond acceptors (Lipinski definition) is 8. The van der Waals surface area contributed by atoms with Crippen molar-refractivity contribution in [2.75, 3.05) is 23.4 Å². The van der Waals surface area contributed by atoms with Gasteiger partial charge in [0.1, 0.15) is 6.33 Å². The van der Waals surface area contributed by atoms with Gasteiger partial charge in [-0.05, 0) is 59.9 Å². The SMILES string of the molecule is COc1c(NC(=O)c2ccc(C)c(-n3cnc(C(=O)O)c3)c2)cc(C(C)(C)C)cc1NS(C)(=O)=O.NC(=O)c1cccnc1. The van der Waals surface area contributed by atoms with E-state index in [2.05, 4.69) is 20.0 Å². The van der Waals surface area contributed by atoms with Gasteiger partial charge in [0.15, 0.2) is 11.4 Å². The Morgan fingerprint density at radius 3 is 2.23 bits per heavy atom. The molecule has 0 fully saturated rings. The number of hydrogen-bond donors (Lipinski definition) is 4. The van der Waals surface area contributed by atoms with Crippen molar-refractivity contribution in [3.8, 4) is 11.4 Å². The Hall–Kier alpha value is -5.24. The average Bonchev–Trinajstić information content (AvgIpc) is 3.43. The van der Waals surface area contributed by atoms with Crippen molar-refractivity contribution in [3.63, 3.8) is 0 Å². The highest BCUT2D eigenvalue weighted by Gasteiger charge is 2.23. The number of carbonyl (C=O) groups is 3. The fourth-order valence-electron chi connectivity index (χ4n) is 3.95. The molecule has 0 saturated carbocycles. The standard InChI is InChI=1S/C24H28N4O6S.C6H6N2O/c1-14-7-8-15(9-20(14)28-12-19(23(30)31)25-13-28)22(29)26-17-10-16(24(2,3)4)11-18(21(17)34-5)27-35(6,32)33;7-6(9)5-2-1-3-8-4-5/h7-13,27H,1-6H3,(H,26,29)(H,30,31);1-4H,(H2,7,9). The van der Waals surface area contributed by atoms with Gasteiger partial charge in [0.25, 0.3) is 5.91 Å². The molecule has 0 radical (unpaired) electrons. The fourth-order valence-corrected chi connectivity index (χ4v) is 4.50. The van der Waals surface area contributed by atoms with Crippen LogP contribution in [0.1, 0.15) is 63.1 Å². The normalized spacial score (nSPS) is 11.1. The van der Waals surface area contributed by atoms with Crippen LogP contribution < -0.4 is 20.5 Å². The largest absolute Gasteiger partial charge is 0.492 e. The third kappa shape index (κ3) is 8.64. The molecule has 0 unspecified atom stereocenters. The van der Waals surface area contributed by atoms with Crippen LogP contribution in [-0.2, 0) is 15.4 Å². The molecular weight excluding hydrogens is 588 g/mol. The number of aromatic carboxylic acids is 1. The summed E-state index contributed by atoms with van der Waals surface area (Å²) in [7, 11) is -2.22. The Morgan fingerprint density at radius 2 is 1.73 bits per heavy atom. The van der Waals surface area contributed by atoms with Crippen LogP contribution in [0.15, 0.2) is 67.4 Å². The molecule has 0 spiro atoms. The van der Waals surface area contributed by atoms with Crippen LogP contribution in [0.5, 0.6) is 5.75 Å². The predicted octanol–water partition coefficient (Wildman–Crippen LogP) is 3.99. The Morgan fingerprint density at radius 1 is 1.05 bits per heavy atom. The van der Waals surface area contributed by atoms with E-state index in [9.17, 15) is 22.8 Å². The highest BCUT2D eigenvalue weighted by atomic mass is 32.2. The summed E-state index contributed by atoms with van der Waals surface area (Å²) in [4.78, 5) is 42.4. The van der Waals surface area contributed by atoms with Gasteiger partial charge in [-0.15, -0.1) is 0 Å². The molecule has 2 heterocycles. The molecule has 0 saturated heterocycles. The zero-order chi connectivity index (χ0) is 32.8. The number of methoxy groups -OCH3 is 1. The number of benzene rings is 2. The first-order valence-electron chi connectivity index (χ1n) is 13.1. The van der Waals surface area contributed by atoms with E-state index in [1.165, 1.54) is 30.4 Å². The summed E-state index contributed by atoms with van der Waals surface area (Å²) in [5.41, 5.74) is 7.91. The van der Waals surface area contributed by atoms with Crippen molar-refractivity contribution in [2.24, 2.45) is 5.73 Å². The number of primary amides is 1. The summed E-state index contributed by atoms with van der Waals surface area (Å²) in [6.45, 7) is 7.73. The number of anilines is 2. The lowest BCUT2D eigenvalue weighted by atomic mass is 9.86. The molecule has 2 amide bonds. The van der Waals surface area contributed by atoms with Crippen LogP contribution in [-0.4, -0.2) is 59.2 Å². The van der Waals surface area contributed by atoms with E-state index in [0.29, 0.717) is 22.5 Å². The Labute approximate surface area is 255 Å². The van der Waals surface area contributed by atoms with Crippen LogP contribution in [0.25, 0.3) is 5.69 Å². The van der Waals surface area contributed by atoms with Crippen LogP contribution in [0.2, 0.25) is 0 Å². The highest BCUT2D eigenvalue weighted by molar-refractivity contribution is 7.92. The summed E-state index contributed by atoms with van der Waals surface area (Å²) in [6.07, 6.45) is 6.79. The van der Waals surface area contributed by atoms with Gasteiger partial charge < -0.3 is 25.5 Å². The molecule has 44 heavy (non-hydrogen) atoms. The van der Waals surface area contributed by atoms with Crippen molar-refractivity contribution in [1.29, 1.82) is 0 Å². The molecule has 0 aliphatic carbocycles. The minimum absolute atomic E-state index is 0.117. The van der Waals surface area contributed by atoms with E-state index in [0.717, 1.165) is 17.4 Å². The second-order valence-corrected chi connectivity index (χ2v) is 12.5. The minimum atomic E-state index is -3.61. The minimum Gasteiger partial charge on any atom is -0.492 e. The molecule has 0 atom stereocenters. The van der Waals surface area contributed by atoms with Gasteiger partial charge in [-0.1, -0.05) is 26.8 Å². The van der Waals surface area contributed by atoms with Gasteiger partial charge in [0, 0.05) is 24.2 Å². The number of nitrogens with two attached hydrogens (primary N) is 1. The Bertz CT molecular complexity index is 1800. The highest BCUT2D eigenvalue weighted by Crippen LogP contribution is 2.39. The van der Waals surface area contributed by atoms with Crippen LogP contribution in [0.4, 0.5) is 11.4 Å². The van der Waals surface area contributed by atoms with Crippen LogP contribution >= 0.6 is 0 Å². The van der Waals surface area contributed by atoms with E-state index in [-0.39, 0.29) is 22.5 Å². The van der Waals surface area contributed by atoms with E-state index in [1.54, 1.807) is 48.7 Å². The molecule has 2 aromatic heterocycles. The van der Waals surface area contributed by atoms with Gasteiger partial charge in [0.2, 0.25) is 15.9 Å². The lowest BCUT2D eigenvalue weighted by Gasteiger charge is -2.24. The summed E-state index contributed by atoms with van der Waals surface area (Å²) in [6, 6.07) is 11.7. The third-order valence-corrected chi connectivity index (χ3v) is 6.79. The summed E-state index contributed by atoms with van der Waals surface area (Å²) in [5, 5.41) is 12.0. The van der Waals surface area contributed by atoms with Crippen molar-refractivity contribution < 1.29 is 32.6 Å². The number of sulfonamides is 1. The first-order chi connectivity index (χ1) is 20.5. The number of aryl methyl sites for hydroxylation is 1. The molecule has 13 nitrogen and oxygen atoms in total. The van der Waals surface area contributed by atoms with Gasteiger partial charge in [-0.2, -0.15) is 0 Å². The van der Waals surface area contributed by atoms with E-state index < -0.39 is 27.8 Å². The molecule has 0 aliphatic heterocycles. The number of nitrogens with one attached hydrogen (secondary N) is 2. The number of nitrogens with zero attached hydrogens (tertiary/aromatic N) is 3. The van der Waals surface area contributed by atoms with Gasteiger partial charge in [-0.3, -0.25) is 19.3 Å². The molecule has 232 valence electrons. The molecule has 2 aromatic carbocycles. The second kappa shape index (κ2) is 13.4. The number of carboxylic acids is 1. The maximum Gasteiger partial charge on any atom is 0.356 e. The number of carboxylic acid groups (broad SMARTS) is 1. The monoisotopic (exact) mass is 622 g/mol. The first kappa shape index (κ1) is 33.3. The number of amides is 2. The lowest BCUT2D eigenvalue weighted by Crippen LogP contribution is -2.18. The zero-order valence-corrected chi connectivity index (χ0v) is 25.9. The van der Waals surface area contributed by atoms with Gasteiger partial charge in [0.05, 0.1) is 36.0 Å². The van der Waals surface area contributed by atoms with E-state index in [4.69, 9.17) is 15.6 Å². The van der Waals surface area contributed by atoms with E-state index >= 15 is 0 Å². The number of aromatic nitrogens is 3. The maximum absolute atomic E-state index is 13.2. The van der Waals surface area contributed by atoms with Crippen LogP contribution in [0, 0.1) is 6.92 Å². The second-order valence-electron chi connectivity index (χ2n) is 10.8. The van der Waals surface area contributed by atoms with Crippen molar-refractivity contribution in [1.82, 2.24) is 14.5 Å². The molecule has 0 bridgehead atoms. The molecule has 14 heteroatoms.